The van der Waals surface area contributed by atoms with Crippen LogP contribution >= 0.6 is 0 Å². The highest BCUT2D eigenvalue weighted by molar-refractivity contribution is 6.07. The van der Waals surface area contributed by atoms with Gasteiger partial charge in [0.1, 0.15) is 5.75 Å². The lowest BCUT2D eigenvalue weighted by Crippen LogP contribution is -2.24. The van der Waals surface area contributed by atoms with Gasteiger partial charge in [-0.05, 0) is 55.2 Å². The number of hydrogen-bond donors (Lipinski definition) is 0. The minimum atomic E-state index is -0.00690. The van der Waals surface area contributed by atoms with Crippen LogP contribution in [0.2, 0.25) is 0 Å². The Balaban J connectivity index is 2.11. The van der Waals surface area contributed by atoms with Crippen molar-refractivity contribution in [2.75, 3.05) is 6.61 Å². The predicted octanol–water partition coefficient (Wildman–Crippen LogP) is 5.15. The third kappa shape index (κ3) is 3.71. The van der Waals surface area contributed by atoms with E-state index in [1.54, 1.807) is 17.8 Å². The fraction of sp³-hybridized carbons (Fsp3) is 0.478. The monoisotopic (exact) mass is 366 g/mol. The largest absolute Gasteiger partial charge is 0.493 e. The first-order valence-electron chi connectivity index (χ1n) is 9.62. The number of aryl methyl sites for hydroxylation is 3. The molecular formula is C23H30N2O2. The lowest BCUT2D eigenvalue weighted by molar-refractivity contribution is 0.153. The lowest BCUT2D eigenvalue weighted by atomic mass is 9.85. The molecule has 4 nitrogen and oxygen atoms in total. The summed E-state index contributed by atoms with van der Waals surface area (Å²) < 4.78 is 7.86. The average molecular weight is 367 g/mol. The Bertz CT molecular complexity index is 1060. The summed E-state index contributed by atoms with van der Waals surface area (Å²) in [6.45, 7) is 13.5. The molecule has 0 saturated carbocycles. The van der Waals surface area contributed by atoms with Crippen molar-refractivity contribution in [2.45, 2.75) is 48.0 Å². The summed E-state index contributed by atoms with van der Waals surface area (Å²) in [5, 5.41) is 2.74. The van der Waals surface area contributed by atoms with Gasteiger partial charge in [0.25, 0.3) is 5.56 Å². The van der Waals surface area contributed by atoms with Gasteiger partial charge in [0.2, 0.25) is 0 Å². The van der Waals surface area contributed by atoms with E-state index >= 15 is 0 Å². The van der Waals surface area contributed by atoms with E-state index in [2.05, 4.69) is 32.7 Å². The van der Waals surface area contributed by atoms with E-state index in [0.717, 1.165) is 45.1 Å². The third-order valence-electron chi connectivity index (χ3n) is 5.18. The molecule has 0 amide bonds. The van der Waals surface area contributed by atoms with Crippen LogP contribution in [0.3, 0.4) is 0 Å². The van der Waals surface area contributed by atoms with Gasteiger partial charge >= 0.3 is 0 Å². The quantitative estimate of drug-likeness (QED) is 0.586. The van der Waals surface area contributed by atoms with E-state index in [1.165, 1.54) is 0 Å². The summed E-state index contributed by atoms with van der Waals surface area (Å²) in [4.78, 5) is 17.4. The average Bonchev–Trinajstić information content (AvgIpc) is 2.57. The molecule has 0 aliphatic rings. The van der Waals surface area contributed by atoms with Crippen molar-refractivity contribution in [3.63, 3.8) is 0 Å². The molecule has 1 aromatic carbocycles. The maximum absolute atomic E-state index is 13.0. The zero-order chi connectivity index (χ0) is 19.9. The van der Waals surface area contributed by atoms with Gasteiger partial charge < -0.3 is 9.30 Å². The van der Waals surface area contributed by atoms with Crippen molar-refractivity contribution in [3.05, 3.63) is 46.0 Å². The molecule has 0 aliphatic carbocycles. The van der Waals surface area contributed by atoms with Crippen LogP contribution in [-0.2, 0) is 7.05 Å². The molecule has 0 atom stereocenters. The minimum absolute atomic E-state index is 0.00690. The van der Waals surface area contributed by atoms with Crippen LogP contribution < -0.4 is 10.3 Å². The molecule has 0 saturated heterocycles. The number of pyridine rings is 2. The Hall–Kier alpha value is -2.36. The van der Waals surface area contributed by atoms with Crippen molar-refractivity contribution >= 4 is 21.7 Å². The molecule has 2 aromatic heterocycles. The van der Waals surface area contributed by atoms with Gasteiger partial charge in [-0.15, -0.1) is 0 Å². The van der Waals surface area contributed by atoms with E-state index in [1.807, 2.05) is 32.0 Å². The molecule has 0 bridgehead atoms. The summed E-state index contributed by atoms with van der Waals surface area (Å²) >= 11 is 0. The first-order chi connectivity index (χ1) is 12.6. The minimum Gasteiger partial charge on any atom is -0.493 e. The zero-order valence-electron chi connectivity index (χ0n) is 17.5. The van der Waals surface area contributed by atoms with E-state index in [0.29, 0.717) is 12.5 Å². The fourth-order valence-electron chi connectivity index (χ4n) is 4.10. The molecule has 0 fully saturated rings. The Labute approximate surface area is 161 Å². The first kappa shape index (κ1) is 19.4. The summed E-state index contributed by atoms with van der Waals surface area (Å²) in [5.41, 5.74) is 2.78. The number of rotatable bonds is 5. The molecular weight excluding hydrogens is 336 g/mol. The molecule has 0 unspecified atom stereocenters. The second-order valence-electron chi connectivity index (χ2n) is 8.87. The maximum atomic E-state index is 13.0. The molecule has 2 heterocycles. The van der Waals surface area contributed by atoms with Gasteiger partial charge in [-0.25, -0.2) is 0 Å². The van der Waals surface area contributed by atoms with Crippen molar-refractivity contribution in [1.29, 1.82) is 0 Å². The maximum Gasteiger partial charge on any atom is 0.259 e. The highest BCUT2D eigenvalue weighted by atomic mass is 16.5. The standard InChI is InChI=1S/C23H30N2O2/c1-14(2)11-23(5,6)13-27-20-9-8-17-18-10-15(3)24-12-19(18)25(7)22(26)21(17)16(20)4/h8-10,12,14H,11,13H2,1-7H3. The van der Waals surface area contributed by atoms with Gasteiger partial charge in [0.15, 0.2) is 0 Å². The zero-order valence-corrected chi connectivity index (χ0v) is 17.5. The van der Waals surface area contributed by atoms with Gasteiger partial charge in [-0.1, -0.05) is 27.7 Å². The molecule has 27 heavy (non-hydrogen) atoms. The molecule has 3 rings (SSSR count). The lowest BCUT2D eigenvalue weighted by Gasteiger charge is -2.27. The highest BCUT2D eigenvalue weighted by Crippen LogP contribution is 2.32. The van der Waals surface area contributed by atoms with Crippen molar-refractivity contribution in [3.8, 4) is 5.75 Å². The number of nitrogens with zero attached hydrogens (tertiary/aromatic N) is 2. The SMILES string of the molecule is Cc1cc2c3ccc(OCC(C)(C)CC(C)C)c(C)c3c(=O)n(C)c2cn1. The number of benzene rings is 1. The Morgan fingerprint density at radius 2 is 1.89 bits per heavy atom. The van der Waals surface area contributed by atoms with Gasteiger partial charge in [0.05, 0.1) is 23.7 Å². The van der Waals surface area contributed by atoms with E-state index in [-0.39, 0.29) is 11.0 Å². The van der Waals surface area contributed by atoms with E-state index < -0.39 is 0 Å². The molecule has 144 valence electrons. The number of fused-ring (bicyclic) bond motifs is 3. The van der Waals surface area contributed by atoms with Crippen LogP contribution in [0.4, 0.5) is 0 Å². The van der Waals surface area contributed by atoms with Crippen LogP contribution in [0, 0.1) is 25.2 Å². The normalized spacial score (nSPS) is 12.3. The highest BCUT2D eigenvalue weighted by Gasteiger charge is 2.21. The summed E-state index contributed by atoms with van der Waals surface area (Å²) in [6.07, 6.45) is 2.87. The van der Waals surface area contributed by atoms with Gasteiger partial charge in [0, 0.05) is 23.7 Å². The molecule has 0 N–H and O–H groups in total. The van der Waals surface area contributed by atoms with Crippen molar-refractivity contribution in [2.24, 2.45) is 18.4 Å². The summed E-state index contributed by atoms with van der Waals surface area (Å²) in [5.74, 6) is 1.42. The Morgan fingerprint density at radius 3 is 2.56 bits per heavy atom. The van der Waals surface area contributed by atoms with Crippen LogP contribution in [0.25, 0.3) is 21.7 Å². The summed E-state index contributed by atoms with van der Waals surface area (Å²) in [6, 6.07) is 6.05. The second kappa shape index (κ2) is 6.99. The Kier molecular flexibility index (Phi) is 5.02. The van der Waals surface area contributed by atoms with Crippen LogP contribution in [0.15, 0.2) is 29.2 Å². The van der Waals surface area contributed by atoms with Crippen molar-refractivity contribution in [1.82, 2.24) is 9.55 Å². The second-order valence-corrected chi connectivity index (χ2v) is 8.87. The van der Waals surface area contributed by atoms with Crippen molar-refractivity contribution < 1.29 is 4.74 Å². The van der Waals surface area contributed by atoms with Crippen LogP contribution in [-0.4, -0.2) is 16.2 Å². The number of aromatic nitrogens is 2. The van der Waals surface area contributed by atoms with Crippen LogP contribution in [0.5, 0.6) is 5.75 Å². The van der Waals surface area contributed by atoms with Crippen LogP contribution in [0.1, 0.15) is 45.4 Å². The molecule has 0 spiro atoms. The fourth-order valence-corrected chi connectivity index (χ4v) is 4.10. The molecule has 4 heteroatoms. The number of ether oxygens (including phenoxy) is 1. The Morgan fingerprint density at radius 1 is 1.19 bits per heavy atom. The van der Waals surface area contributed by atoms with E-state index in [9.17, 15) is 4.79 Å². The first-order valence-corrected chi connectivity index (χ1v) is 9.62. The van der Waals surface area contributed by atoms with Gasteiger partial charge in [-0.3, -0.25) is 9.78 Å². The third-order valence-corrected chi connectivity index (χ3v) is 5.18. The smallest absolute Gasteiger partial charge is 0.259 e. The topological polar surface area (TPSA) is 44.1 Å². The molecule has 0 aliphatic heterocycles. The molecule has 0 radical (unpaired) electrons. The number of hydrogen-bond acceptors (Lipinski definition) is 3. The predicted molar refractivity (Wildman–Crippen MR) is 113 cm³/mol. The van der Waals surface area contributed by atoms with Gasteiger partial charge in [-0.2, -0.15) is 0 Å². The molecule has 3 aromatic rings. The summed E-state index contributed by atoms with van der Waals surface area (Å²) in [7, 11) is 1.81. The van der Waals surface area contributed by atoms with E-state index in [4.69, 9.17) is 4.74 Å².